The van der Waals surface area contributed by atoms with Crippen molar-refractivity contribution in [1.82, 2.24) is 5.32 Å². The zero-order chi connectivity index (χ0) is 13.0. The Balaban J connectivity index is 2.79. The molecule has 7 heteroatoms. The van der Waals surface area contributed by atoms with Gasteiger partial charge in [0.05, 0.1) is 15.6 Å². The molecule has 1 aromatic carbocycles. The first-order valence-corrected chi connectivity index (χ1v) is 5.70. The number of hydrogen-bond acceptors (Lipinski definition) is 3. The Morgan fingerprint density at radius 3 is 2.65 bits per heavy atom. The normalized spacial score (nSPS) is 10.1. The zero-order valence-corrected chi connectivity index (χ0v) is 10.9. The van der Waals surface area contributed by atoms with Gasteiger partial charge in [-0.3, -0.25) is 10.1 Å². The van der Waals surface area contributed by atoms with Crippen molar-refractivity contribution in [2.24, 2.45) is 0 Å². The number of non-ortho nitro benzene ring substituents is 1. The molecule has 0 aromatic heterocycles. The highest BCUT2D eigenvalue weighted by atomic mass is 35.5. The Bertz CT molecular complexity index is 451. The first-order chi connectivity index (χ1) is 7.90. The average Bonchev–Trinajstić information content (AvgIpc) is 2.19. The van der Waals surface area contributed by atoms with Crippen LogP contribution in [0.15, 0.2) is 18.2 Å². The van der Waals surface area contributed by atoms with E-state index < -0.39 is 4.92 Å². The van der Waals surface area contributed by atoms with Crippen molar-refractivity contribution in [2.45, 2.75) is 19.9 Å². The van der Waals surface area contributed by atoms with Crippen molar-refractivity contribution in [2.75, 3.05) is 5.32 Å². The molecule has 0 fully saturated rings. The molecule has 0 saturated carbocycles. The number of benzene rings is 1. The largest absolute Gasteiger partial charge is 0.360 e. The lowest BCUT2D eigenvalue weighted by Gasteiger charge is -2.13. The lowest BCUT2D eigenvalue weighted by Crippen LogP contribution is -2.33. The van der Waals surface area contributed by atoms with Crippen LogP contribution in [0.25, 0.3) is 0 Å². The van der Waals surface area contributed by atoms with E-state index in [-0.39, 0.29) is 16.8 Å². The van der Waals surface area contributed by atoms with Gasteiger partial charge in [0.15, 0.2) is 5.11 Å². The van der Waals surface area contributed by atoms with Gasteiger partial charge in [-0.05, 0) is 32.1 Å². The second-order valence-electron chi connectivity index (χ2n) is 3.67. The van der Waals surface area contributed by atoms with Crippen LogP contribution in [0, 0.1) is 10.1 Å². The number of hydrogen-bond donors (Lipinski definition) is 2. The minimum atomic E-state index is -0.500. The lowest BCUT2D eigenvalue weighted by atomic mass is 10.3. The van der Waals surface area contributed by atoms with E-state index in [9.17, 15) is 10.1 Å². The molecule has 0 heterocycles. The predicted molar refractivity (Wildman–Crippen MR) is 72.6 cm³/mol. The van der Waals surface area contributed by atoms with Gasteiger partial charge in [-0.2, -0.15) is 0 Å². The highest BCUT2D eigenvalue weighted by molar-refractivity contribution is 7.80. The van der Waals surface area contributed by atoms with Gasteiger partial charge in [-0.15, -0.1) is 0 Å². The number of nitro benzene ring substituents is 1. The molecule has 5 nitrogen and oxygen atoms in total. The fraction of sp³-hybridized carbons (Fsp3) is 0.300. The summed E-state index contributed by atoms with van der Waals surface area (Å²) >= 11 is 10.9. The van der Waals surface area contributed by atoms with Gasteiger partial charge in [-0.25, -0.2) is 0 Å². The minimum absolute atomic E-state index is 0.0525. The van der Waals surface area contributed by atoms with Gasteiger partial charge < -0.3 is 10.6 Å². The molecule has 0 aliphatic carbocycles. The summed E-state index contributed by atoms with van der Waals surface area (Å²) < 4.78 is 0. The van der Waals surface area contributed by atoms with Crippen LogP contribution in [0.5, 0.6) is 0 Å². The summed E-state index contributed by atoms with van der Waals surface area (Å²) in [7, 11) is 0. The van der Waals surface area contributed by atoms with Crippen molar-refractivity contribution >= 4 is 40.3 Å². The zero-order valence-electron chi connectivity index (χ0n) is 9.36. The maximum absolute atomic E-state index is 10.5. The first-order valence-electron chi connectivity index (χ1n) is 4.91. The molecule has 0 aliphatic rings. The van der Waals surface area contributed by atoms with Gasteiger partial charge in [0.1, 0.15) is 0 Å². The van der Waals surface area contributed by atoms with Gasteiger partial charge in [-0.1, -0.05) is 11.6 Å². The maximum Gasteiger partial charge on any atom is 0.271 e. The summed E-state index contributed by atoms with van der Waals surface area (Å²) in [5.41, 5.74) is 0.485. The van der Waals surface area contributed by atoms with Crippen LogP contribution in [-0.2, 0) is 0 Å². The molecule has 0 saturated heterocycles. The van der Waals surface area contributed by atoms with Crippen LogP contribution in [0.2, 0.25) is 5.02 Å². The Morgan fingerprint density at radius 2 is 2.18 bits per heavy atom. The van der Waals surface area contributed by atoms with Crippen LogP contribution >= 0.6 is 23.8 Å². The number of nitro groups is 1. The van der Waals surface area contributed by atoms with Crippen molar-refractivity contribution in [3.63, 3.8) is 0 Å². The van der Waals surface area contributed by atoms with E-state index in [0.717, 1.165) is 0 Å². The van der Waals surface area contributed by atoms with Crippen LogP contribution in [0.3, 0.4) is 0 Å². The number of anilines is 1. The van der Waals surface area contributed by atoms with E-state index in [0.29, 0.717) is 10.8 Å². The highest BCUT2D eigenvalue weighted by Gasteiger charge is 2.10. The maximum atomic E-state index is 10.5. The molecule has 0 aliphatic heterocycles. The Hall–Kier alpha value is -1.40. The Kier molecular flexibility index (Phi) is 4.65. The molecular formula is C10H12ClN3O2S. The van der Waals surface area contributed by atoms with Crippen LogP contribution in [0.4, 0.5) is 11.4 Å². The third-order valence-electron chi connectivity index (χ3n) is 1.83. The Labute approximate surface area is 109 Å². The van der Waals surface area contributed by atoms with Crippen LogP contribution < -0.4 is 10.6 Å². The molecule has 0 radical (unpaired) electrons. The summed E-state index contributed by atoms with van der Waals surface area (Å²) in [5, 5.41) is 17.1. The number of nitrogens with one attached hydrogen (secondary N) is 2. The van der Waals surface area contributed by atoms with Gasteiger partial charge in [0, 0.05) is 18.2 Å². The third kappa shape index (κ3) is 4.16. The summed E-state index contributed by atoms with van der Waals surface area (Å²) in [6.45, 7) is 3.90. The minimum Gasteiger partial charge on any atom is -0.360 e. The van der Waals surface area contributed by atoms with Crippen LogP contribution in [-0.4, -0.2) is 16.1 Å². The summed E-state index contributed by atoms with van der Waals surface area (Å²) in [4.78, 5) is 10.0. The number of rotatable bonds is 3. The van der Waals surface area contributed by atoms with E-state index in [1.807, 2.05) is 13.8 Å². The highest BCUT2D eigenvalue weighted by Crippen LogP contribution is 2.26. The standard InChI is InChI=1S/C10H12ClN3O2S/c1-6(2)12-10(17)13-9-4-3-7(14(15)16)5-8(9)11/h3-6H,1-2H3,(H2,12,13,17). The molecule has 0 spiro atoms. The fourth-order valence-electron chi connectivity index (χ4n) is 1.14. The van der Waals surface area contributed by atoms with E-state index in [1.54, 1.807) is 0 Å². The van der Waals surface area contributed by atoms with E-state index in [2.05, 4.69) is 10.6 Å². The molecule has 0 amide bonds. The molecule has 0 atom stereocenters. The first kappa shape index (κ1) is 13.7. The summed E-state index contributed by atoms with van der Waals surface area (Å²) in [6, 6.07) is 4.37. The molecule has 0 bridgehead atoms. The molecule has 2 N–H and O–H groups in total. The van der Waals surface area contributed by atoms with E-state index in [1.165, 1.54) is 18.2 Å². The van der Waals surface area contributed by atoms with Gasteiger partial charge >= 0.3 is 0 Å². The van der Waals surface area contributed by atoms with Crippen molar-refractivity contribution < 1.29 is 4.92 Å². The van der Waals surface area contributed by atoms with E-state index in [4.69, 9.17) is 23.8 Å². The second kappa shape index (κ2) is 5.79. The quantitative estimate of drug-likeness (QED) is 0.503. The smallest absolute Gasteiger partial charge is 0.271 e. The molecule has 17 heavy (non-hydrogen) atoms. The van der Waals surface area contributed by atoms with Crippen molar-refractivity contribution in [1.29, 1.82) is 0 Å². The van der Waals surface area contributed by atoms with Gasteiger partial charge in [0.25, 0.3) is 5.69 Å². The third-order valence-corrected chi connectivity index (χ3v) is 2.36. The van der Waals surface area contributed by atoms with E-state index >= 15 is 0 Å². The SMILES string of the molecule is CC(C)NC(=S)Nc1ccc([N+](=O)[O-])cc1Cl. The van der Waals surface area contributed by atoms with Crippen LogP contribution in [0.1, 0.15) is 13.8 Å². The average molecular weight is 274 g/mol. The summed E-state index contributed by atoms with van der Waals surface area (Å²) in [6.07, 6.45) is 0. The fourth-order valence-corrected chi connectivity index (χ4v) is 1.71. The molecule has 0 unspecified atom stereocenters. The van der Waals surface area contributed by atoms with Crippen molar-refractivity contribution in [3.8, 4) is 0 Å². The predicted octanol–water partition coefficient (Wildman–Crippen LogP) is 2.94. The monoisotopic (exact) mass is 273 g/mol. The number of nitrogens with zero attached hydrogens (tertiary/aromatic N) is 1. The number of thiocarbonyl (C=S) groups is 1. The van der Waals surface area contributed by atoms with Gasteiger partial charge in [0.2, 0.25) is 0 Å². The lowest BCUT2D eigenvalue weighted by molar-refractivity contribution is -0.384. The molecule has 1 aromatic rings. The number of halogens is 1. The second-order valence-corrected chi connectivity index (χ2v) is 4.49. The topological polar surface area (TPSA) is 67.2 Å². The Morgan fingerprint density at radius 1 is 1.53 bits per heavy atom. The molecule has 1 rings (SSSR count). The molecule has 92 valence electrons. The van der Waals surface area contributed by atoms with Crippen molar-refractivity contribution in [3.05, 3.63) is 33.3 Å². The molecular weight excluding hydrogens is 262 g/mol. The summed E-state index contributed by atoms with van der Waals surface area (Å²) in [5.74, 6) is 0.